The third kappa shape index (κ3) is 4.59. The molecule has 0 saturated carbocycles. The Labute approximate surface area is 167 Å². The highest BCUT2D eigenvalue weighted by atomic mass is 16.3. The summed E-state index contributed by atoms with van der Waals surface area (Å²) in [5.74, 6) is 5.48. The maximum absolute atomic E-state index is 11.7. The van der Waals surface area contributed by atoms with E-state index in [4.69, 9.17) is 5.73 Å². The standard InChI is InChI=1S/C21H21N5O3/c1-14(27)25(2)12-10-16(28)8-7-15-9-11-23-19(13-15)26-18-6-4-3-5-17(18)20(24-26)21(22)29/h3-6,9,11,13,16,28H,10,12H2,1-2H3,(H2,22,29)/t16-/m0/s1. The lowest BCUT2D eigenvalue weighted by Crippen LogP contribution is -2.27. The molecule has 1 atom stereocenters. The van der Waals surface area contributed by atoms with Crippen molar-refractivity contribution >= 4 is 22.7 Å². The molecule has 148 valence electrons. The molecule has 2 heterocycles. The molecule has 0 aliphatic carbocycles. The summed E-state index contributed by atoms with van der Waals surface area (Å²) in [5, 5.41) is 15.0. The first-order valence-corrected chi connectivity index (χ1v) is 9.02. The molecule has 2 amide bonds. The predicted molar refractivity (Wildman–Crippen MR) is 108 cm³/mol. The summed E-state index contributed by atoms with van der Waals surface area (Å²) in [6, 6.07) is 10.7. The number of pyridine rings is 1. The number of fused-ring (bicyclic) bond motifs is 1. The van der Waals surface area contributed by atoms with Gasteiger partial charge in [-0.05, 0) is 18.2 Å². The smallest absolute Gasteiger partial charge is 0.269 e. The second-order valence-corrected chi connectivity index (χ2v) is 6.56. The van der Waals surface area contributed by atoms with Gasteiger partial charge in [-0.25, -0.2) is 9.67 Å². The molecule has 1 aromatic carbocycles. The van der Waals surface area contributed by atoms with Gasteiger partial charge in [-0.2, -0.15) is 5.10 Å². The molecule has 3 rings (SSSR count). The van der Waals surface area contributed by atoms with Crippen molar-refractivity contribution in [1.29, 1.82) is 0 Å². The lowest BCUT2D eigenvalue weighted by atomic mass is 10.2. The molecular formula is C21H21N5O3. The number of carbonyl (C=O) groups is 2. The minimum absolute atomic E-state index is 0.0642. The Morgan fingerprint density at radius 3 is 2.79 bits per heavy atom. The molecule has 0 aliphatic heterocycles. The minimum Gasteiger partial charge on any atom is -0.380 e. The highest BCUT2D eigenvalue weighted by Gasteiger charge is 2.16. The second kappa shape index (κ2) is 8.54. The quantitative estimate of drug-likeness (QED) is 0.632. The van der Waals surface area contributed by atoms with E-state index in [9.17, 15) is 14.7 Å². The number of hydrogen-bond donors (Lipinski definition) is 2. The highest BCUT2D eigenvalue weighted by Crippen LogP contribution is 2.21. The van der Waals surface area contributed by atoms with E-state index >= 15 is 0 Å². The van der Waals surface area contributed by atoms with Gasteiger partial charge in [0.2, 0.25) is 5.91 Å². The third-order valence-corrected chi connectivity index (χ3v) is 4.44. The van der Waals surface area contributed by atoms with Crippen LogP contribution in [-0.4, -0.2) is 56.3 Å². The number of nitrogens with zero attached hydrogens (tertiary/aromatic N) is 4. The molecule has 2 aromatic heterocycles. The summed E-state index contributed by atoms with van der Waals surface area (Å²) >= 11 is 0. The number of nitrogens with two attached hydrogens (primary N) is 1. The summed E-state index contributed by atoms with van der Waals surface area (Å²) in [5.41, 5.74) is 6.94. The molecule has 0 bridgehead atoms. The molecule has 0 aliphatic rings. The Bertz CT molecular complexity index is 1130. The molecular weight excluding hydrogens is 370 g/mol. The van der Waals surface area contributed by atoms with E-state index in [0.29, 0.717) is 35.2 Å². The number of benzene rings is 1. The Balaban J connectivity index is 1.86. The van der Waals surface area contributed by atoms with Gasteiger partial charge in [0.25, 0.3) is 5.91 Å². The van der Waals surface area contributed by atoms with Gasteiger partial charge in [0.1, 0.15) is 6.10 Å². The fourth-order valence-corrected chi connectivity index (χ4v) is 2.75. The van der Waals surface area contributed by atoms with Crippen molar-refractivity contribution in [2.75, 3.05) is 13.6 Å². The number of hydrogen-bond acceptors (Lipinski definition) is 5. The first kappa shape index (κ1) is 20.0. The van der Waals surface area contributed by atoms with Crippen LogP contribution in [0.2, 0.25) is 0 Å². The normalized spacial score (nSPS) is 11.6. The molecule has 0 unspecified atom stereocenters. The number of primary amides is 1. The van der Waals surface area contributed by atoms with Gasteiger partial charge >= 0.3 is 0 Å². The topological polar surface area (TPSA) is 114 Å². The molecule has 29 heavy (non-hydrogen) atoms. The predicted octanol–water partition coefficient (Wildman–Crippen LogP) is 1.10. The van der Waals surface area contributed by atoms with Crippen molar-refractivity contribution in [3.63, 3.8) is 0 Å². The average molecular weight is 391 g/mol. The Hall–Kier alpha value is -3.70. The molecule has 8 nitrogen and oxygen atoms in total. The van der Waals surface area contributed by atoms with Gasteiger partial charge in [0.05, 0.1) is 5.52 Å². The number of carbonyl (C=O) groups excluding carboxylic acids is 2. The van der Waals surface area contributed by atoms with Gasteiger partial charge in [0, 0.05) is 44.1 Å². The molecule has 3 N–H and O–H groups in total. The van der Waals surface area contributed by atoms with E-state index in [1.807, 2.05) is 12.1 Å². The van der Waals surface area contributed by atoms with Crippen LogP contribution in [0.4, 0.5) is 0 Å². The maximum atomic E-state index is 11.7. The second-order valence-electron chi connectivity index (χ2n) is 6.56. The van der Waals surface area contributed by atoms with Crippen LogP contribution >= 0.6 is 0 Å². The zero-order valence-electron chi connectivity index (χ0n) is 16.2. The summed E-state index contributed by atoms with van der Waals surface area (Å²) in [6.07, 6.45) is 1.07. The van der Waals surface area contributed by atoms with E-state index < -0.39 is 12.0 Å². The van der Waals surface area contributed by atoms with Crippen LogP contribution in [0.1, 0.15) is 29.4 Å². The van der Waals surface area contributed by atoms with Gasteiger partial charge in [0.15, 0.2) is 11.5 Å². The number of aromatic nitrogens is 3. The van der Waals surface area contributed by atoms with Crippen molar-refractivity contribution in [1.82, 2.24) is 19.7 Å². The van der Waals surface area contributed by atoms with Gasteiger partial charge in [-0.15, -0.1) is 0 Å². The van der Waals surface area contributed by atoms with Gasteiger partial charge < -0.3 is 15.7 Å². The summed E-state index contributed by atoms with van der Waals surface area (Å²) in [7, 11) is 1.67. The van der Waals surface area contributed by atoms with Crippen molar-refractivity contribution in [3.8, 4) is 17.7 Å². The fourth-order valence-electron chi connectivity index (χ4n) is 2.75. The largest absolute Gasteiger partial charge is 0.380 e. The van der Waals surface area contributed by atoms with Crippen LogP contribution in [-0.2, 0) is 4.79 Å². The maximum Gasteiger partial charge on any atom is 0.269 e. The highest BCUT2D eigenvalue weighted by molar-refractivity contribution is 6.04. The first-order valence-electron chi connectivity index (χ1n) is 9.02. The SMILES string of the molecule is CC(=O)N(C)CC[C@@H](O)C#Cc1ccnc(-n2nc(C(N)=O)c3ccccc32)c1. The van der Waals surface area contributed by atoms with Crippen LogP contribution in [0.15, 0.2) is 42.6 Å². The number of amides is 2. The Kier molecular flexibility index (Phi) is 5.90. The van der Waals surface area contributed by atoms with E-state index in [1.165, 1.54) is 11.8 Å². The van der Waals surface area contributed by atoms with E-state index in [2.05, 4.69) is 21.9 Å². The Morgan fingerprint density at radius 2 is 2.07 bits per heavy atom. The number of para-hydroxylation sites is 1. The number of aliphatic hydroxyl groups excluding tert-OH is 1. The van der Waals surface area contributed by atoms with E-state index in [-0.39, 0.29) is 11.6 Å². The minimum atomic E-state index is -0.861. The van der Waals surface area contributed by atoms with Crippen LogP contribution in [0.5, 0.6) is 0 Å². The molecule has 3 aromatic rings. The summed E-state index contributed by atoms with van der Waals surface area (Å²) in [6.45, 7) is 1.89. The molecule has 0 spiro atoms. The van der Waals surface area contributed by atoms with E-state index in [1.54, 1.807) is 42.2 Å². The fraction of sp³-hybridized carbons (Fsp3) is 0.238. The van der Waals surface area contributed by atoms with Crippen molar-refractivity contribution in [2.45, 2.75) is 19.4 Å². The molecule has 0 radical (unpaired) electrons. The van der Waals surface area contributed by atoms with Crippen molar-refractivity contribution in [3.05, 3.63) is 53.9 Å². The lowest BCUT2D eigenvalue weighted by molar-refractivity contribution is -0.127. The third-order valence-electron chi connectivity index (χ3n) is 4.44. The van der Waals surface area contributed by atoms with Crippen LogP contribution in [0.25, 0.3) is 16.7 Å². The number of aliphatic hydroxyl groups is 1. The summed E-state index contributed by atoms with van der Waals surface area (Å²) < 4.78 is 1.54. The zero-order valence-corrected chi connectivity index (χ0v) is 16.2. The van der Waals surface area contributed by atoms with Crippen LogP contribution in [0.3, 0.4) is 0 Å². The molecule has 0 fully saturated rings. The number of rotatable bonds is 5. The van der Waals surface area contributed by atoms with Gasteiger partial charge in [-0.1, -0.05) is 30.0 Å². The van der Waals surface area contributed by atoms with Crippen LogP contribution in [0, 0.1) is 11.8 Å². The first-order chi connectivity index (χ1) is 13.9. The van der Waals surface area contributed by atoms with E-state index in [0.717, 1.165) is 0 Å². The average Bonchev–Trinajstić information content (AvgIpc) is 3.10. The lowest BCUT2D eigenvalue weighted by Gasteiger charge is -2.14. The summed E-state index contributed by atoms with van der Waals surface area (Å²) in [4.78, 5) is 28.8. The Morgan fingerprint density at radius 1 is 1.31 bits per heavy atom. The van der Waals surface area contributed by atoms with Gasteiger partial charge in [-0.3, -0.25) is 9.59 Å². The van der Waals surface area contributed by atoms with Crippen LogP contribution < -0.4 is 5.73 Å². The monoisotopic (exact) mass is 391 g/mol. The molecule has 8 heteroatoms. The zero-order chi connectivity index (χ0) is 21.0. The molecule has 0 saturated heterocycles. The van der Waals surface area contributed by atoms with Crippen molar-refractivity contribution < 1.29 is 14.7 Å². The van der Waals surface area contributed by atoms with Crippen molar-refractivity contribution in [2.24, 2.45) is 5.73 Å².